The molecule has 0 N–H and O–H groups in total. The van der Waals surface area contributed by atoms with E-state index in [-0.39, 0.29) is 5.91 Å². The lowest BCUT2D eigenvalue weighted by Crippen LogP contribution is -2.29. The quantitative estimate of drug-likeness (QED) is 0.771. The number of hydrogen-bond acceptors (Lipinski definition) is 2. The van der Waals surface area contributed by atoms with Crippen LogP contribution in [0.15, 0.2) is 6.20 Å². The molecule has 1 aromatic heterocycles. The molecule has 0 aromatic carbocycles. The van der Waals surface area contributed by atoms with E-state index < -0.39 is 0 Å². The first-order chi connectivity index (χ1) is 8.15. The summed E-state index contributed by atoms with van der Waals surface area (Å²) in [6, 6.07) is 0. The molecule has 0 bridgehead atoms. The van der Waals surface area contributed by atoms with E-state index in [0.29, 0.717) is 11.8 Å². The Morgan fingerprint density at radius 1 is 1.65 bits per heavy atom. The molecule has 1 aromatic rings. The predicted molar refractivity (Wildman–Crippen MR) is 67.3 cm³/mol. The highest BCUT2D eigenvalue weighted by atomic mass is 35.5. The smallest absolute Gasteiger partial charge is 0.257 e. The standard InChI is InChI=1S/C12H18ClN3O/c1-3-11-10(8-15(2)14-11)12(17)16-5-4-9(6-13)7-16/h8-9H,3-7H2,1-2H3. The van der Waals surface area contributed by atoms with Crippen molar-refractivity contribution in [3.63, 3.8) is 0 Å². The predicted octanol–water partition coefficient (Wildman–Crippen LogP) is 1.68. The van der Waals surface area contributed by atoms with Crippen molar-refractivity contribution in [2.45, 2.75) is 19.8 Å². The molecule has 1 unspecified atom stereocenters. The molecule has 2 heterocycles. The third kappa shape index (κ3) is 2.46. The molecule has 1 amide bonds. The Balaban J connectivity index is 2.14. The third-order valence-corrected chi connectivity index (χ3v) is 3.70. The first-order valence-electron chi connectivity index (χ1n) is 6.03. The number of aromatic nitrogens is 2. The van der Waals surface area contributed by atoms with E-state index in [1.54, 1.807) is 4.68 Å². The van der Waals surface area contributed by atoms with Crippen LogP contribution in [0.25, 0.3) is 0 Å². The van der Waals surface area contributed by atoms with Crippen LogP contribution < -0.4 is 0 Å². The lowest BCUT2D eigenvalue weighted by atomic mass is 10.1. The van der Waals surface area contributed by atoms with Gasteiger partial charge in [0.25, 0.3) is 5.91 Å². The molecule has 0 spiro atoms. The second-order valence-corrected chi connectivity index (χ2v) is 4.89. The molecule has 5 heteroatoms. The fourth-order valence-electron chi connectivity index (χ4n) is 2.29. The SMILES string of the molecule is CCc1nn(C)cc1C(=O)N1CCC(CCl)C1. The normalized spacial score (nSPS) is 19.9. The average molecular weight is 256 g/mol. The van der Waals surface area contributed by atoms with Crippen molar-refractivity contribution in [3.05, 3.63) is 17.5 Å². The second kappa shape index (κ2) is 5.08. The summed E-state index contributed by atoms with van der Waals surface area (Å²) in [6.07, 6.45) is 3.61. The highest BCUT2D eigenvalue weighted by Gasteiger charge is 2.28. The number of hydrogen-bond donors (Lipinski definition) is 0. The number of aryl methyl sites for hydroxylation is 2. The number of rotatable bonds is 3. The molecule has 1 atom stereocenters. The number of halogens is 1. The molecule has 0 saturated carbocycles. The summed E-state index contributed by atoms with van der Waals surface area (Å²) in [4.78, 5) is 14.2. The number of carbonyl (C=O) groups is 1. The van der Waals surface area contributed by atoms with Crippen molar-refractivity contribution in [2.24, 2.45) is 13.0 Å². The number of nitrogens with zero attached hydrogens (tertiary/aromatic N) is 3. The van der Waals surface area contributed by atoms with Gasteiger partial charge in [-0.1, -0.05) is 6.92 Å². The van der Waals surface area contributed by atoms with Gasteiger partial charge in [0, 0.05) is 32.2 Å². The van der Waals surface area contributed by atoms with Crippen LogP contribution in [0.2, 0.25) is 0 Å². The first-order valence-corrected chi connectivity index (χ1v) is 6.57. The van der Waals surface area contributed by atoms with E-state index in [1.165, 1.54) is 0 Å². The minimum Gasteiger partial charge on any atom is -0.338 e. The molecule has 1 fully saturated rings. The number of carbonyl (C=O) groups excluding carboxylic acids is 1. The molecule has 1 aliphatic heterocycles. The van der Waals surface area contributed by atoms with Crippen LogP contribution in [0.3, 0.4) is 0 Å². The lowest BCUT2D eigenvalue weighted by Gasteiger charge is -2.15. The van der Waals surface area contributed by atoms with Gasteiger partial charge in [-0.15, -0.1) is 11.6 Å². The maximum atomic E-state index is 12.3. The third-order valence-electron chi connectivity index (χ3n) is 3.26. The number of alkyl halides is 1. The summed E-state index contributed by atoms with van der Waals surface area (Å²) in [6.45, 7) is 3.61. The maximum absolute atomic E-state index is 12.3. The van der Waals surface area contributed by atoms with Crippen LogP contribution in [0.4, 0.5) is 0 Å². The fourth-order valence-corrected chi connectivity index (χ4v) is 2.54. The molecule has 17 heavy (non-hydrogen) atoms. The van der Waals surface area contributed by atoms with E-state index in [4.69, 9.17) is 11.6 Å². The molecular weight excluding hydrogens is 238 g/mol. The summed E-state index contributed by atoms with van der Waals surface area (Å²) in [7, 11) is 1.85. The van der Waals surface area contributed by atoms with Gasteiger partial charge in [-0.2, -0.15) is 5.10 Å². The highest BCUT2D eigenvalue weighted by molar-refractivity contribution is 6.18. The van der Waals surface area contributed by atoms with Crippen molar-refractivity contribution in [1.29, 1.82) is 0 Å². The summed E-state index contributed by atoms with van der Waals surface area (Å²) < 4.78 is 1.71. The zero-order valence-corrected chi connectivity index (χ0v) is 11.1. The molecule has 2 rings (SSSR count). The number of likely N-dealkylation sites (tertiary alicyclic amines) is 1. The van der Waals surface area contributed by atoms with Crippen molar-refractivity contribution < 1.29 is 4.79 Å². The Morgan fingerprint density at radius 2 is 2.41 bits per heavy atom. The Labute approximate surface area is 107 Å². The van der Waals surface area contributed by atoms with E-state index in [0.717, 1.165) is 37.2 Å². The van der Waals surface area contributed by atoms with Gasteiger partial charge in [0.05, 0.1) is 11.3 Å². The average Bonchev–Trinajstić information content (AvgIpc) is 2.93. The Morgan fingerprint density at radius 3 is 3.00 bits per heavy atom. The van der Waals surface area contributed by atoms with Gasteiger partial charge in [-0.05, 0) is 18.8 Å². The fraction of sp³-hybridized carbons (Fsp3) is 0.667. The van der Waals surface area contributed by atoms with Crippen LogP contribution in [-0.2, 0) is 13.5 Å². The zero-order chi connectivity index (χ0) is 12.4. The van der Waals surface area contributed by atoms with Gasteiger partial charge in [-0.25, -0.2) is 0 Å². The van der Waals surface area contributed by atoms with Crippen molar-refractivity contribution in [3.8, 4) is 0 Å². The second-order valence-electron chi connectivity index (χ2n) is 4.58. The maximum Gasteiger partial charge on any atom is 0.257 e. The van der Waals surface area contributed by atoms with Crippen LogP contribution >= 0.6 is 11.6 Å². The molecule has 4 nitrogen and oxygen atoms in total. The van der Waals surface area contributed by atoms with Crippen molar-refractivity contribution in [2.75, 3.05) is 19.0 Å². The molecular formula is C12H18ClN3O. The van der Waals surface area contributed by atoms with E-state index in [2.05, 4.69) is 5.10 Å². The van der Waals surface area contributed by atoms with Gasteiger partial charge in [-0.3, -0.25) is 9.48 Å². The van der Waals surface area contributed by atoms with Gasteiger partial charge >= 0.3 is 0 Å². The topological polar surface area (TPSA) is 38.1 Å². The first kappa shape index (κ1) is 12.4. The van der Waals surface area contributed by atoms with Crippen LogP contribution in [0.5, 0.6) is 0 Å². The summed E-state index contributed by atoms with van der Waals surface area (Å²) >= 11 is 5.83. The van der Waals surface area contributed by atoms with Gasteiger partial charge in [0.15, 0.2) is 0 Å². The van der Waals surface area contributed by atoms with Gasteiger partial charge in [0.1, 0.15) is 0 Å². The van der Waals surface area contributed by atoms with Crippen LogP contribution in [0, 0.1) is 5.92 Å². The van der Waals surface area contributed by atoms with E-state index in [9.17, 15) is 4.79 Å². The van der Waals surface area contributed by atoms with Crippen LogP contribution in [0.1, 0.15) is 29.4 Å². The molecule has 0 radical (unpaired) electrons. The molecule has 94 valence electrons. The summed E-state index contributed by atoms with van der Waals surface area (Å²) in [5.41, 5.74) is 1.62. The Hall–Kier alpha value is -1.03. The van der Waals surface area contributed by atoms with Gasteiger partial charge in [0.2, 0.25) is 0 Å². The number of amides is 1. The molecule has 1 aliphatic rings. The van der Waals surface area contributed by atoms with Gasteiger partial charge < -0.3 is 4.90 Å². The Kier molecular flexibility index (Phi) is 3.72. The monoisotopic (exact) mass is 255 g/mol. The van der Waals surface area contributed by atoms with Crippen molar-refractivity contribution >= 4 is 17.5 Å². The minimum absolute atomic E-state index is 0.0996. The largest absolute Gasteiger partial charge is 0.338 e. The summed E-state index contributed by atoms with van der Waals surface area (Å²) in [5.74, 6) is 1.18. The zero-order valence-electron chi connectivity index (χ0n) is 10.3. The van der Waals surface area contributed by atoms with Crippen molar-refractivity contribution in [1.82, 2.24) is 14.7 Å². The van der Waals surface area contributed by atoms with E-state index >= 15 is 0 Å². The van der Waals surface area contributed by atoms with Crippen LogP contribution in [-0.4, -0.2) is 39.6 Å². The molecule has 1 saturated heterocycles. The highest BCUT2D eigenvalue weighted by Crippen LogP contribution is 2.20. The summed E-state index contributed by atoms with van der Waals surface area (Å²) in [5, 5.41) is 4.30. The minimum atomic E-state index is 0.0996. The van der Waals surface area contributed by atoms with E-state index in [1.807, 2.05) is 25.1 Å². The molecule has 0 aliphatic carbocycles. The lowest BCUT2D eigenvalue weighted by molar-refractivity contribution is 0.0787. The Bertz CT molecular complexity index is 416.